The first-order valence-corrected chi connectivity index (χ1v) is 8.80. The maximum atomic E-state index is 12.7. The summed E-state index contributed by atoms with van der Waals surface area (Å²) in [5.74, 6) is 1.67. The minimum atomic E-state index is -0.167. The topological polar surface area (TPSA) is 97.5 Å². The van der Waals surface area contributed by atoms with E-state index in [0.717, 1.165) is 32.1 Å². The van der Waals surface area contributed by atoms with Crippen LogP contribution in [0.1, 0.15) is 49.0 Å². The van der Waals surface area contributed by atoms with E-state index in [4.69, 9.17) is 15.6 Å². The van der Waals surface area contributed by atoms with Gasteiger partial charge in [0.15, 0.2) is 0 Å². The number of carbonyl (C=O) groups excluding carboxylic acids is 1. The van der Waals surface area contributed by atoms with Crippen molar-refractivity contribution in [2.45, 2.75) is 49.6 Å². The lowest BCUT2D eigenvalue weighted by atomic mass is 9.50. The molecule has 0 saturated heterocycles. The van der Waals surface area contributed by atoms with Crippen molar-refractivity contribution in [1.82, 2.24) is 10.3 Å². The second-order valence-electron chi connectivity index (χ2n) is 8.01. The van der Waals surface area contributed by atoms with Crippen LogP contribution in [-0.4, -0.2) is 40.3 Å². The lowest BCUT2D eigenvalue weighted by molar-refractivity contribution is -0.0321. The summed E-state index contributed by atoms with van der Waals surface area (Å²) in [4.78, 5) is 16.9. The van der Waals surface area contributed by atoms with Gasteiger partial charge in [0.05, 0.1) is 6.61 Å². The molecule has 4 bridgehead atoms. The van der Waals surface area contributed by atoms with Crippen LogP contribution in [-0.2, 0) is 0 Å². The van der Waals surface area contributed by atoms with Crippen LogP contribution in [0.2, 0.25) is 0 Å². The summed E-state index contributed by atoms with van der Waals surface area (Å²) in [6.45, 7) is 0.141. The molecule has 0 aliphatic heterocycles. The number of nitrogens with one attached hydrogen (secondary N) is 1. The summed E-state index contributed by atoms with van der Waals surface area (Å²) in [5, 5.41) is 12.1. The molecular formula is C18H25N3O3. The van der Waals surface area contributed by atoms with Crippen molar-refractivity contribution >= 4 is 5.91 Å². The molecule has 2 unspecified atom stereocenters. The number of ether oxygens (including phenoxy) is 1. The molecule has 0 spiro atoms. The van der Waals surface area contributed by atoms with Gasteiger partial charge < -0.3 is 20.9 Å². The molecule has 1 aromatic rings. The van der Waals surface area contributed by atoms with Gasteiger partial charge in [-0.15, -0.1) is 0 Å². The van der Waals surface area contributed by atoms with Crippen molar-refractivity contribution in [2.24, 2.45) is 17.6 Å². The number of rotatable bonds is 5. The number of amides is 1. The van der Waals surface area contributed by atoms with Crippen LogP contribution in [0.4, 0.5) is 0 Å². The highest BCUT2D eigenvalue weighted by atomic mass is 16.5. The Balaban J connectivity index is 1.50. The van der Waals surface area contributed by atoms with Crippen LogP contribution >= 0.6 is 0 Å². The Morgan fingerprint density at radius 1 is 1.38 bits per heavy atom. The normalized spacial score (nSPS) is 36.6. The van der Waals surface area contributed by atoms with Crippen molar-refractivity contribution in [3.05, 3.63) is 24.0 Å². The molecule has 4 fully saturated rings. The van der Waals surface area contributed by atoms with Crippen LogP contribution in [0.5, 0.6) is 5.75 Å². The fourth-order valence-corrected chi connectivity index (χ4v) is 5.57. The Labute approximate surface area is 141 Å². The van der Waals surface area contributed by atoms with E-state index in [2.05, 4.69) is 10.3 Å². The molecule has 0 radical (unpaired) electrons. The van der Waals surface area contributed by atoms with Crippen molar-refractivity contribution < 1.29 is 14.6 Å². The molecule has 1 aromatic heterocycles. The summed E-state index contributed by atoms with van der Waals surface area (Å²) in [6, 6.07) is 3.32. The number of nitrogens with two attached hydrogens (primary N) is 1. The second-order valence-corrected chi connectivity index (χ2v) is 8.01. The van der Waals surface area contributed by atoms with E-state index >= 15 is 0 Å². The van der Waals surface area contributed by atoms with E-state index in [1.54, 1.807) is 18.3 Å². The van der Waals surface area contributed by atoms with Gasteiger partial charge in [-0.3, -0.25) is 9.78 Å². The number of aliphatic hydroxyl groups is 1. The molecular weight excluding hydrogens is 306 g/mol. The number of carbonyl (C=O) groups is 1. The van der Waals surface area contributed by atoms with Crippen molar-refractivity contribution in [3.8, 4) is 5.75 Å². The smallest absolute Gasteiger partial charge is 0.270 e. The minimum absolute atomic E-state index is 0.0612. The van der Waals surface area contributed by atoms with E-state index in [1.807, 2.05) is 0 Å². The van der Waals surface area contributed by atoms with Gasteiger partial charge in [0.25, 0.3) is 5.91 Å². The van der Waals surface area contributed by atoms with Gasteiger partial charge >= 0.3 is 0 Å². The lowest BCUT2D eigenvalue weighted by Gasteiger charge is -2.61. The monoisotopic (exact) mass is 331 g/mol. The van der Waals surface area contributed by atoms with E-state index < -0.39 is 0 Å². The fourth-order valence-electron chi connectivity index (χ4n) is 5.57. The van der Waals surface area contributed by atoms with Crippen LogP contribution in [0, 0.1) is 11.8 Å². The first kappa shape index (κ1) is 15.8. The quantitative estimate of drug-likeness (QED) is 0.754. The molecule has 1 heterocycles. The molecule has 6 heteroatoms. The van der Waals surface area contributed by atoms with Gasteiger partial charge in [0.1, 0.15) is 18.1 Å². The summed E-state index contributed by atoms with van der Waals surface area (Å²) in [5.41, 5.74) is 6.68. The van der Waals surface area contributed by atoms with Gasteiger partial charge in [-0.25, -0.2) is 0 Å². The molecule has 1 amide bonds. The molecule has 4 aliphatic rings. The molecule has 0 aromatic carbocycles. The van der Waals surface area contributed by atoms with Crippen molar-refractivity contribution in [3.63, 3.8) is 0 Å². The van der Waals surface area contributed by atoms with Crippen LogP contribution < -0.4 is 15.8 Å². The Bertz CT molecular complexity index is 634. The molecule has 4 saturated carbocycles. The highest BCUT2D eigenvalue weighted by Crippen LogP contribution is 2.56. The van der Waals surface area contributed by atoms with Crippen molar-refractivity contribution in [1.29, 1.82) is 0 Å². The molecule has 2 atom stereocenters. The molecule has 130 valence electrons. The van der Waals surface area contributed by atoms with Crippen LogP contribution in [0.15, 0.2) is 18.3 Å². The van der Waals surface area contributed by atoms with Gasteiger partial charge in [-0.05, 0) is 56.4 Å². The number of hydrogen-bond acceptors (Lipinski definition) is 5. The number of aliphatic hydroxyl groups excluding tert-OH is 1. The van der Waals surface area contributed by atoms with E-state index in [0.29, 0.717) is 23.3 Å². The third-order valence-electron chi connectivity index (χ3n) is 5.81. The highest BCUT2D eigenvalue weighted by molar-refractivity contribution is 5.93. The van der Waals surface area contributed by atoms with Gasteiger partial charge in [-0.1, -0.05) is 0 Å². The molecule has 24 heavy (non-hydrogen) atoms. The maximum absolute atomic E-state index is 12.7. The minimum Gasteiger partial charge on any atom is -0.491 e. The zero-order valence-electron chi connectivity index (χ0n) is 13.8. The Hall–Kier alpha value is -1.66. The first-order chi connectivity index (χ1) is 11.5. The number of aromatic nitrogens is 1. The number of pyridine rings is 1. The molecule has 4 aliphatic carbocycles. The Morgan fingerprint density at radius 3 is 2.79 bits per heavy atom. The number of nitrogens with zero attached hydrogens (tertiary/aromatic N) is 1. The van der Waals surface area contributed by atoms with Gasteiger partial charge in [0, 0.05) is 23.3 Å². The lowest BCUT2D eigenvalue weighted by Crippen LogP contribution is -2.68. The van der Waals surface area contributed by atoms with E-state index in [1.165, 1.54) is 6.42 Å². The largest absolute Gasteiger partial charge is 0.491 e. The summed E-state index contributed by atoms with van der Waals surface area (Å²) >= 11 is 0. The van der Waals surface area contributed by atoms with E-state index in [9.17, 15) is 4.79 Å². The Morgan fingerprint density at radius 2 is 2.12 bits per heavy atom. The van der Waals surface area contributed by atoms with Crippen molar-refractivity contribution in [2.75, 3.05) is 13.2 Å². The Kier molecular flexibility index (Phi) is 3.77. The fraction of sp³-hybridized carbons (Fsp3) is 0.667. The first-order valence-electron chi connectivity index (χ1n) is 8.80. The number of hydrogen-bond donors (Lipinski definition) is 3. The average Bonchev–Trinajstić information content (AvgIpc) is 2.50. The molecule has 5 rings (SSSR count). The van der Waals surface area contributed by atoms with Gasteiger partial charge in [0.2, 0.25) is 0 Å². The standard InChI is InChI=1S/C18H25N3O3/c19-17-7-12-5-13(8-17)10-18(9-12,11-17)21-16(23)15-6-14(1-2-20-15)24-4-3-22/h1-2,6,12-13,22H,3-5,7-11,19H2,(H,21,23). The van der Waals surface area contributed by atoms with Crippen LogP contribution in [0.3, 0.4) is 0 Å². The van der Waals surface area contributed by atoms with E-state index in [-0.39, 0.29) is 30.2 Å². The zero-order chi connectivity index (χ0) is 16.8. The third-order valence-corrected chi connectivity index (χ3v) is 5.81. The second kappa shape index (κ2) is 5.70. The predicted molar refractivity (Wildman–Crippen MR) is 88.6 cm³/mol. The zero-order valence-corrected chi connectivity index (χ0v) is 13.8. The summed E-state index contributed by atoms with van der Waals surface area (Å²) in [6.07, 6.45) is 7.97. The SMILES string of the molecule is NC12CC3CC(C1)CC(NC(=O)c1cc(OCCO)ccn1)(C3)C2. The molecule has 4 N–H and O–H groups in total. The van der Waals surface area contributed by atoms with Gasteiger partial charge in [-0.2, -0.15) is 0 Å². The third kappa shape index (κ3) is 2.89. The molecule has 6 nitrogen and oxygen atoms in total. The summed E-state index contributed by atoms with van der Waals surface area (Å²) in [7, 11) is 0. The maximum Gasteiger partial charge on any atom is 0.270 e. The average molecular weight is 331 g/mol. The highest BCUT2D eigenvalue weighted by Gasteiger charge is 2.56. The van der Waals surface area contributed by atoms with Crippen LogP contribution in [0.25, 0.3) is 0 Å². The predicted octanol–water partition coefficient (Wildman–Crippen LogP) is 1.23. The summed E-state index contributed by atoms with van der Waals surface area (Å²) < 4.78 is 5.37.